The number of fused-ring (bicyclic) bond motifs is 2. The number of nitrogens with zero attached hydrogens (tertiary/aromatic N) is 3. The summed E-state index contributed by atoms with van der Waals surface area (Å²) in [5, 5.41) is 11.1. The standard InChI is InChI=1S/C33H40BrN3O5/c1-41-30-18-28-29(19-31(30)42-16-4-2-3-13-34)37(33(39)40)21-27-17-25(20-36(27)32(28)38)23-7-5-22(6-8-23)24-11-14-35(15-12-24)26-9-10-26/h5-8,18-20,24,26-27H,2-4,9-17,21H2,1H3,(H,39,40)/t27-/m0/s1. The van der Waals surface area contributed by atoms with Gasteiger partial charge in [-0.25, -0.2) is 4.79 Å². The zero-order chi connectivity index (χ0) is 29.2. The molecule has 8 nitrogen and oxygen atoms in total. The van der Waals surface area contributed by atoms with Crippen LogP contribution < -0.4 is 14.4 Å². The lowest BCUT2D eigenvalue weighted by Gasteiger charge is -2.32. The van der Waals surface area contributed by atoms with Crippen molar-refractivity contribution in [2.45, 2.75) is 69.4 Å². The van der Waals surface area contributed by atoms with Crippen LogP contribution in [-0.2, 0) is 0 Å². The van der Waals surface area contributed by atoms with Gasteiger partial charge in [0.15, 0.2) is 11.5 Å². The molecule has 2 aromatic rings. The van der Waals surface area contributed by atoms with Crippen LogP contribution in [0, 0.1) is 0 Å². The Morgan fingerprint density at radius 1 is 1.00 bits per heavy atom. The molecular weight excluding hydrogens is 598 g/mol. The van der Waals surface area contributed by atoms with Gasteiger partial charge in [0.05, 0.1) is 37.6 Å². The summed E-state index contributed by atoms with van der Waals surface area (Å²) in [5.41, 5.74) is 4.16. The molecule has 42 heavy (non-hydrogen) atoms. The third-order valence-electron chi connectivity index (χ3n) is 9.19. The molecule has 2 amide bonds. The van der Waals surface area contributed by atoms with Crippen molar-refractivity contribution < 1.29 is 24.2 Å². The van der Waals surface area contributed by atoms with E-state index >= 15 is 0 Å². The molecule has 2 aromatic carbocycles. The lowest BCUT2D eigenvalue weighted by Crippen LogP contribution is -2.40. The van der Waals surface area contributed by atoms with Gasteiger partial charge < -0.3 is 24.4 Å². The first kappa shape index (κ1) is 29.1. The molecule has 1 aliphatic carbocycles. The van der Waals surface area contributed by atoms with Gasteiger partial charge in [0.2, 0.25) is 0 Å². The Kier molecular flexibility index (Phi) is 8.77. The van der Waals surface area contributed by atoms with Crippen LogP contribution >= 0.6 is 15.9 Å². The van der Waals surface area contributed by atoms with E-state index in [1.54, 1.807) is 17.0 Å². The van der Waals surface area contributed by atoms with Crippen LogP contribution in [0.25, 0.3) is 5.57 Å². The molecule has 9 heteroatoms. The molecule has 3 aliphatic heterocycles. The summed E-state index contributed by atoms with van der Waals surface area (Å²) in [7, 11) is 1.53. The number of hydrogen-bond donors (Lipinski definition) is 1. The second-order valence-corrected chi connectivity index (χ2v) is 12.7. The Bertz CT molecular complexity index is 1330. The smallest absolute Gasteiger partial charge is 0.411 e. The van der Waals surface area contributed by atoms with E-state index in [4.69, 9.17) is 9.47 Å². The summed E-state index contributed by atoms with van der Waals surface area (Å²) < 4.78 is 11.6. The van der Waals surface area contributed by atoms with Crippen molar-refractivity contribution in [1.82, 2.24) is 9.80 Å². The lowest BCUT2D eigenvalue weighted by molar-refractivity contribution is 0.0794. The van der Waals surface area contributed by atoms with Crippen molar-refractivity contribution in [2.24, 2.45) is 0 Å². The van der Waals surface area contributed by atoms with Gasteiger partial charge in [-0.15, -0.1) is 0 Å². The molecule has 1 atom stereocenters. The van der Waals surface area contributed by atoms with Crippen LogP contribution in [0.2, 0.25) is 0 Å². The first-order chi connectivity index (χ1) is 20.5. The number of carboxylic acid groups (broad SMARTS) is 1. The Balaban J connectivity index is 1.20. The number of alkyl halides is 1. The van der Waals surface area contributed by atoms with Crippen LogP contribution in [0.3, 0.4) is 0 Å². The maximum Gasteiger partial charge on any atom is 0.411 e. The highest BCUT2D eigenvalue weighted by atomic mass is 79.9. The fraction of sp³-hybridized carbons (Fsp3) is 0.515. The molecule has 0 spiro atoms. The monoisotopic (exact) mass is 637 g/mol. The highest BCUT2D eigenvalue weighted by Gasteiger charge is 2.39. The number of anilines is 1. The Morgan fingerprint density at radius 2 is 1.76 bits per heavy atom. The third-order valence-corrected chi connectivity index (χ3v) is 9.75. The fourth-order valence-corrected chi connectivity index (χ4v) is 7.05. The van der Waals surface area contributed by atoms with Crippen molar-refractivity contribution in [3.8, 4) is 11.5 Å². The molecule has 1 saturated carbocycles. The second kappa shape index (κ2) is 12.7. The van der Waals surface area contributed by atoms with E-state index in [1.807, 2.05) is 6.20 Å². The van der Waals surface area contributed by atoms with E-state index in [0.717, 1.165) is 41.8 Å². The fourth-order valence-electron chi connectivity index (χ4n) is 6.66. The van der Waals surface area contributed by atoms with E-state index in [9.17, 15) is 14.7 Å². The summed E-state index contributed by atoms with van der Waals surface area (Å²) >= 11 is 3.44. The summed E-state index contributed by atoms with van der Waals surface area (Å²) in [6.45, 7) is 3.06. The molecule has 1 N–H and O–H groups in total. The molecule has 2 fully saturated rings. The minimum absolute atomic E-state index is 0.183. The first-order valence-electron chi connectivity index (χ1n) is 15.3. The van der Waals surface area contributed by atoms with Crippen LogP contribution in [-0.4, -0.2) is 77.7 Å². The third kappa shape index (κ3) is 6.04. The number of likely N-dealkylation sites (tertiary alicyclic amines) is 1. The van der Waals surface area contributed by atoms with Crippen molar-refractivity contribution in [3.05, 3.63) is 59.3 Å². The predicted octanol–water partition coefficient (Wildman–Crippen LogP) is 6.73. The molecular formula is C33H40BrN3O5. The topological polar surface area (TPSA) is 82.6 Å². The van der Waals surface area contributed by atoms with E-state index in [-0.39, 0.29) is 18.5 Å². The maximum atomic E-state index is 13.9. The lowest BCUT2D eigenvalue weighted by atomic mass is 9.88. The van der Waals surface area contributed by atoms with Gasteiger partial charge in [-0.05, 0) is 93.1 Å². The number of carbonyl (C=O) groups is 2. The van der Waals surface area contributed by atoms with Gasteiger partial charge in [0.1, 0.15) is 0 Å². The van der Waals surface area contributed by atoms with E-state index in [2.05, 4.69) is 45.1 Å². The highest BCUT2D eigenvalue weighted by molar-refractivity contribution is 9.09. The van der Waals surface area contributed by atoms with Crippen molar-refractivity contribution >= 4 is 39.2 Å². The molecule has 0 bridgehead atoms. The molecule has 6 rings (SSSR count). The molecule has 0 unspecified atom stereocenters. The van der Waals surface area contributed by atoms with E-state index in [0.29, 0.717) is 41.7 Å². The van der Waals surface area contributed by atoms with Gasteiger partial charge in [-0.2, -0.15) is 0 Å². The quantitative estimate of drug-likeness (QED) is 0.230. The SMILES string of the molecule is COc1cc2c(cc1OCCCCCBr)N(C(=O)O)C[C@@H]1CC(c3ccc(C4CCN(C5CC5)CC4)cc3)=CN1C2=O. The number of hydrogen-bond acceptors (Lipinski definition) is 5. The molecule has 224 valence electrons. The van der Waals surface area contributed by atoms with Gasteiger partial charge in [-0.3, -0.25) is 9.69 Å². The number of piperidine rings is 1. The Hall–Kier alpha value is -3.04. The van der Waals surface area contributed by atoms with Crippen LogP contribution in [0.1, 0.15) is 78.8 Å². The number of methoxy groups -OCH3 is 1. The molecule has 4 aliphatic rings. The van der Waals surface area contributed by atoms with E-state index < -0.39 is 6.09 Å². The van der Waals surface area contributed by atoms with Crippen molar-refractivity contribution in [2.75, 3.05) is 43.6 Å². The largest absolute Gasteiger partial charge is 0.493 e. The zero-order valence-electron chi connectivity index (χ0n) is 24.3. The minimum Gasteiger partial charge on any atom is -0.493 e. The zero-order valence-corrected chi connectivity index (χ0v) is 25.9. The molecule has 3 heterocycles. The Morgan fingerprint density at radius 3 is 2.43 bits per heavy atom. The molecule has 1 saturated heterocycles. The number of benzene rings is 2. The summed E-state index contributed by atoms with van der Waals surface area (Å²) in [6.07, 6.45) is 9.51. The van der Waals surface area contributed by atoms with Crippen molar-refractivity contribution in [3.63, 3.8) is 0 Å². The normalized spacial score (nSPS) is 21.0. The van der Waals surface area contributed by atoms with Gasteiger partial charge in [0.25, 0.3) is 5.91 Å². The summed E-state index contributed by atoms with van der Waals surface area (Å²) in [4.78, 5) is 32.0. The second-order valence-electron chi connectivity index (χ2n) is 11.9. The number of halogens is 1. The van der Waals surface area contributed by atoms with Crippen LogP contribution in [0.15, 0.2) is 42.6 Å². The highest BCUT2D eigenvalue weighted by Crippen LogP contribution is 2.42. The van der Waals surface area contributed by atoms with Crippen LogP contribution in [0.4, 0.5) is 10.5 Å². The molecule has 0 aromatic heterocycles. The average molecular weight is 639 g/mol. The van der Waals surface area contributed by atoms with E-state index in [1.165, 1.54) is 56.3 Å². The van der Waals surface area contributed by atoms with Crippen molar-refractivity contribution in [1.29, 1.82) is 0 Å². The summed E-state index contributed by atoms with van der Waals surface area (Å²) in [6, 6.07) is 12.6. The first-order valence-corrected chi connectivity index (χ1v) is 16.4. The Labute approximate surface area is 256 Å². The number of carbonyl (C=O) groups excluding carboxylic acids is 1. The number of unbranched alkanes of at least 4 members (excludes halogenated alkanes) is 2. The predicted molar refractivity (Wildman–Crippen MR) is 167 cm³/mol. The van der Waals surface area contributed by atoms with Gasteiger partial charge in [-0.1, -0.05) is 40.2 Å². The number of amides is 2. The average Bonchev–Trinajstić information content (AvgIpc) is 3.79. The number of ether oxygens (including phenoxy) is 2. The maximum absolute atomic E-state index is 13.9. The van der Waals surface area contributed by atoms with Gasteiger partial charge >= 0.3 is 6.09 Å². The summed E-state index contributed by atoms with van der Waals surface area (Å²) in [5.74, 6) is 1.25. The van der Waals surface area contributed by atoms with Gasteiger partial charge in [0, 0.05) is 23.6 Å². The molecule has 0 radical (unpaired) electrons. The number of rotatable bonds is 10. The minimum atomic E-state index is -1.09. The van der Waals surface area contributed by atoms with Crippen LogP contribution in [0.5, 0.6) is 11.5 Å².